The van der Waals surface area contributed by atoms with E-state index in [0.717, 1.165) is 22.6 Å². The second kappa shape index (κ2) is 16.9. The van der Waals surface area contributed by atoms with Crippen LogP contribution >= 0.6 is 0 Å². The number of hydrogen-bond donors (Lipinski definition) is 0. The summed E-state index contributed by atoms with van der Waals surface area (Å²) < 4.78 is 2.53. The van der Waals surface area contributed by atoms with Crippen LogP contribution in [0.4, 0.5) is 11.4 Å². The molecule has 0 fully saturated rings. The molecule has 0 N–H and O–H groups in total. The van der Waals surface area contributed by atoms with Gasteiger partial charge in [-0.1, -0.05) is 255 Å². The summed E-state index contributed by atoms with van der Waals surface area (Å²) in [5.41, 5.74) is 27.3. The van der Waals surface area contributed by atoms with Crippen LogP contribution in [0.25, 0.3) is 88.5 Å². The summed E-state index contributed by atoms with van der Waals surface area (Å²) in [5, 5.41) is 5.00. The Hall–Kier alpha value is -10.3. The molecule has 0 bridgehead atoms. The van der Waals surface area contributed by atoms with Crippen molar-refractivity contribution in [2.24, 2.45) is 0 Å². The maximum Gasteiger partial charge on any atom is 0.0754 e. The van der Waals surface area contributed by atoms with Gasteiger partial charge in [-0.2, -0.15) is 0 Å². The van der Waals surface area contributed by atoms with Crippen LogP contribution in [0.15, 0.2) is 298 Å². The number of allylic oxidation sites excluding steroid dienone is 4. The molecule has 0 saturated heterocycles. The van der Waals surface area contributed by atoms with Crippen LogP contribution in [0.2, 0.25) is 0 Å². The molecule has 2 heteroatoms. The highest BCUT2D eigenvalue weighted by atomic mass is 15.2. The van der Waals surface area contributed by atoms with Crippen LogP contribution < -0.4 is 4.90 Å². The van der Waals surface area contributed by atoms with Crippen LogP contribution in [-0.4, -0.2) is 4.57 Å². The topological polar surface area (TPSA) is 8.17 Å². The Balaban J connectivity index is 0.952. The normalized spacial score (nSPS) is 15.5. The zero-order valence-corrected chi connectivity index (χ0v) is 43.8. The fraction of sp³-hybridized carbons (Fsp3) is 0.0256. The van der Waals surface area contributed by atoms with Gasteiger partial charge in [0.1, 0.15) is 0 Å². The molecule has 13 aromatic rings. The lowest BCUT2D eigenvalue weighted by atomic mass is 9.65. The van der Waals surface area contributed by atoms with Gasteiger partial charge in [0, 0.05) is 22.0 Å². The van der Waals surface area contributed by atoms with Crippen molar-refractivity contribution in [3.8, 4) is 50.2 Å². The lowest BCUT2D eigenvalue weighted by Crippen LogP contribution is -2.33. The van der Waals surface area contributed by atoms with E-state index in [2.05, 4.69) is 301 Å². The smallest absolute Gasteiger partial charge is 0.0754 e. The van der Waals surface area contributed by atoms with E-state index in [1.54, 1.807) is 0 Å². The zero-order valence-electron chi connectivity index (χ0n) is 43.8. The Bertz CT molecular complexity index is 4820. The second-order valence-electron chi connectivity index (χ2n) is 21.8. The van der Waals surface area contributed by atoms with E-state index < -0.39 is 10.8 Å². The number of aromatic nitrogens is 1. The van der Waals surface area contributed by atoms with E-state index >= 15 is 0 Å². The summed E-state index contributed by atoms with van der Waals surface area (Å²) in [7, 11) is 0. The van der Waals surface area contributed by atoms with Gasteiger partial charge >= 0.3 is 0 Å². The first-order chi connectivity index (χ1) is 39.7. The monoisotopic (exact) mass is 1010 g/mol. The lowest BCUT2D eigenvalue weighted by Gasteiger charge is -2.40. The molecule has 2 spiro atoms. The molecule has 1 aromatic heterocycles. The molecule has 0 saturated carbocycles. The van der Waals surface area contributed by atoms with Gasteiger partial charge in [0.15, 0.2) is 0 Å². The molecule has 2 heterocycles. The molecule has 2 nitrogen and oxygen atoms in total. The fourth-order valence-corrected chi connectivity index (χ4v) is 15.2. The standard InChI is InChI=1S/C78H50N2/c1-2-3-4-39-71(52-45-48-59-58-27-9-14-34-65(58)78(70(59)49-52)67-36-16-18-41-73(67)80-72-40-17-11-28-60(72)61-31-20-38-69(78)76(61)80)79(53-46-43-51(44-47-53)55-30-19-23-50-22-5-6-24-54(50)55)74-42-21-37-68-75(74)62-29-10-15-35-66(62)77(68)63-32-12-7-25-56(63)57-26-8-13-33-64(57)77/h2-49H,1H2/b4-3-,71-39-. The largest absolute Gasteiger partial charge is 0.309 e. The fourth-order valence-electron chi connectivity index (χ4n) is 15.2. The molecule has 372 valence electrons. The maximum atomic E-state index is 4.17. The zero-order chi connectivity index (χ0) is 52.7. The molecule has 0 radical (unpaired) electrons. The summed E-state index contributed by atoms with van der Waals surface area (Å²) in [6.07, 6.45) is 8.39. The Morgan fingerprint density at radius 1 is 0.388 bits per heavy atom. The van der Waals surface area contributed by atoms with E-state index in [4.69, 9.17) is 0 Å². The average molecular weight is 1020 g/mol. The molecule has 1 atom stereocenters. The van der Waals surface area contributed by atoms with Crippen LogP contribution in [0, 0.1) is 0 Å². The Labute approximate surface area is 465 Å². The second-order valence-corrected chi connectivity index (χ2v) is 21.8. The third kappa shape index (κ3) is 5.76. The van der Waals surface area contributed by atoms with Gasteiger partial charge in [0.2, 0.25) is 0 Å². The Morgan fingerprint density at radius 3 is 1.65 bits per heavy atom. The minimum absolute atomic E-state index is 0.519. The highest BCUT2D eigenvalue weighted by molar-refractivity contribution is 6.13. The van der Waals surface area contributed by atoms with Crippen molar-refractivity contribution in [3.63, 3.8) is 0 Å². The average Bonchev–Trinajstić information content (AvgIpc) is 4.05. The number of benzene rings is 12. The van der Waals surface area contributed by atoms with Crippen LogP contribution in [0.3, 0.4) is 0 Å². The molecule has 17 rings (SSSR count). The summed E-state index contributed by atoms with van der Waals surface area (Å²) >= 11 is 0. The Morgan fingerprint density at radius 2 is 0.912 bits per heavy atom. The highest BCUT2D eigenvalue weighted by Crippen LogP contribution is 2.66. The van der Waals surface area contributed by atoms with E-state index in [1.807, 2.05) is 6.08 Å². The molecule has 1 unspecified atom stereocenters. The number of para-hydroxylation sites is 3. The third-order valence-corrected chi connectivity index (χ3v) is 18.2. The first-order valence-corrected chi connectivity index (χ1v) is 27.9. The van der Waals surface area contributed by atoms with E-state index in [9.17, 15) is 0 Å². The molecule has 80 heavy (non-hydrogen) atoms. The first-order valence-electron chi connectivity index (χ1n) is 27.9. The van der Waals surface area contributed by atoms with Crippen molar-refractivity contribution in [3.05, 3.63) is 348 Å². The maximum absolute atomic E-state index is 4.17. The van der Waals surface area contributed by atoms with Gasteiger partial charge in [0.25, 0.3) is 0 Å². The van der Waals surface area contributed by atoms with Crippen molar-refractivity contribution in [1.82, 2.24) is 4.57 Å². The van der Waals surface area contributed by atoms with Crippen molar-refractivity contribution >= 4 is 49.7 Å². The number of rotatable bonds is 7. The minimum atomic E-state index is -0.627. The predicted octanol–water partition coefficient (Wildman–Crippen LogP) is 19.5. The SMILES string of the molecule is C=C/C=C\C=C(\c1ccc2c(c1)C1(c3ccccc3-2)c2ccccc2-n2c3ccccc3c3cccc1c32)N(c1ccc(-c2cccc3ccccc23)cc1)c1cccc2c1-c1ccccc1C21c2ccccc2-c2ccccc21. The van der Waals surface area contributed by atoms with E-state index in [-0.39, 0.29) is 0 Å². The number of anilines is 2. The predicted molar refractivity (Wildman–Crippen MR) is 333 cm³/mol. The van der Waals surface area contributed by atoms with Gasteiger partial charge in [-0.05, 0) is 142 Å². The summed E-state index contributed by atoms with van der Waals surface area (Å²) in [4.78, 5) is 2.55. The van der Waals surface area contributed by atoms with E-state index in [0.29, 0.717) is 0 Å². The summed E-state index contributed by atoms with van der Waals surface area (Å²) in [6, 6.07) is 101. The minimum Gasteiger partial charge on any atom is -0.309 e. The van der Waals surface area contributed by atoms with Crippen molar-refractivity contribution < 1.29 is 0 Å². The molecular formula is C78H50N2. The molecular weight excluding hydrogens is 965 g/mol. The van der Waals surface area contributed by atoms with Gasteiger partial charge in [-0.15, -0.1) is 0 Å². The summed E-state index contributed by atoms with van der Waals surface area (Å²) in [5.74, 6) is 0. The van der Waals surface area contributed by atoms with Crippen molar-refractivity contribution in [1.29, 1.82) is 0 Å². The quantitative estimate of drug-likeness (QED) is 0.144. The first kappa shape index (κ1) is 44.8. The number of nitrogens with zero attached hydrogens (tertiary/aromatic N) is 2. The third-order valence-electron chi connectivity index (χ3n) is 18.2. The molecule has 12 aromatic carbocycles. The Kier molecular flexibility index (Phi) is 9.44. The van der Waals surface area contributed by atoms with Crippen LogP contribution in [0.1, 0.15) is 50.1 Å². The highest BCUT2D eigenvalue weighted by Gasteiger charge is 2.53. The van der Waals surface area contributed by atoms with Gasteiger partial charge < -0.3 is 9.47 Å². The van der Waals surface area contributed by atoms with Crippen molar-refractivity contribution in [2.45, 2.75) is 10.8 Å². The van der Waals surface area contributed by atoms with Crippen LogP contribution in [0.5, 0.6) is 0 Å². The van der Waals surface area contributed by atoms with Gasteiger partial charge in [0.05, 0.1) is 38.9 Å². The number of hydrogen-bond acceptors (Lipinski definition) is 1. The van der Waals surface area contributed by atoms with Gasteiger partial charge in [-0.3, -0.25) is 0 Å². The molecule has 3 aliphatic carbocycles. The van der Waals surface area contributed by atoms with Crippen molar-refractivity contribution in [2.75, 3.05) is 4.90 Å². The summed E-state index contributed by atoms with van der Waals surface area (Å²) in [6.45, 7) is 4.17. The molecule has 0 amide bonds. The molecule has 4 aliphatic rings. The number of fused-ring (bicyclic) bond motifs is 23. The molecule has 1 aliphatic heterocycles. The van der Waals surface area contributed by atoms with E-state index in [1.165, 1.54) is 127 Å². The lowest BCUT2D eigenvalue weighted by molar-refractivity contribution is 0.748. The van der Waals surface area contributed by atoms with Crippen LogP contribution in [-0.2, 0) is 10.8 Å². The van der Waals surface area contributed by atoms with Gasteiger partial charge in [-0.25, -0.2) is 0 Å².